The fourth-order valence-electron chi connectivity index (χ4n) is 6.45. The maximum absolute atomic E-state index is 15.6. The minimum absolute atomic E-state index is 0.0395. The molecule has 1 aliphatic rings. The van der Waals surface area contributed by atoms with Crippen molar-refractivity contribution in [3.63, 3.8) is 0 Å². The molecule has 3 aromatic rings. The lowest BCUT2D eigenvalue weighted by atomic mass is 9.79. The van der Waals surface area contributed by atoms with Crippen molar-refractivity contribution in [3.05, 3.63) is 76.9 Å². The second kappa shape index (κ2) is 13.3. The summed E-state index contributed by atoms with van der Waals surface area (Å²) in [6, 6.07) is 15.1. The summed E-state index contributed by atoms with van der Waals surface area (Å²) in [4.78, 5) is 0. The third-order valence-corrected chi connectivity index (χ3v) is 9.84. The van der Waals surface area contributed by atoms with Gasteiger partial charge in [-0.25, -0.2) is 8.78 Å². The van der Waals surface area contributed by atoms with Gasteiger partial charge >= 0.3 is 0 Å². The molecular weight excluding hydrogens is 498 g/mol. The molecule has 216 valence electrons. The van der Waals surface area contributed by atoms with Crippen LogP contribution in [0.3, 0.4) is 0 Å². The van der Waals surface area contributed by atoms with Gasteiger partial charge in [0.15, 0.2) is 0 Å². The van der Waals surface area contributed by atoms with Gasteiger partial charge < -0.3 is 4.74 Å². The first kappa shape index (κ1) is 30.3. The van der Waals surface area contributed by atoms with Gasteiger partial charge in [-0.1, -0.05) is 78.6 Å². The van der Waals surface area contributed by atoms with Crippen molar-refractivity contribution in [1.29, 1.82) is 0 Å². The minimum atomic E-state index is -0.528. The molecule has 40 heavy (non-hydrogen) atoms. The summed E-state index contributed by atoms with van der Waals surface area (Å²) in [5.74, 6) is 1.24. The average molecular weight is 547 g/mol. The minimum Gasteiger partial charge on any atom is -0.492 e. The first-order valence-electron chi connectivity index (χ1n) is 15.7. The van der Waals surface area contributed by atoms with Gasteiger partial charge in [0, 0.05) is 5.41 Å². The van der Waals surface area contributed by atoms with Crippen molar-refractivity contribution in [1.82, 2.24) is 0 Å². The zero-order chi connectivity index (χ0) is 28.9. The Morgan fingerprint density at radius 2 is 1.23 bits per heavy atom. The van der Waals surface area contributed by atoms with Crippen LogP contribution in [0.15, 0.2) is 48.5 Å². The van der Waals surface area contributed by atoms with E-state index in [4.69, 9.17) is 4.74 Å². The highest BCUT2D eigenvalue weighted by atomic mass is 19.1. The second-order valence-corrected chi connectivity index (χ2v) is 12.1. The van der Waals surface area contributed by atoms with E-state index in [2.05, 4.69) is 53.7 Å². The molecule has 1 fully saturated rings. The maximum atomic E-state index is 15.6. The number of ether oxygens (including phenoxy) is 1. The van der Waals surface area contributed by atoms with E-state index in [1.807, 2.05) is 24.3 Å². The van der Waals surface area contributed by atoms with Crippen molar-refractivity contribution >= 4 is 0 Å². The van der Waals surface area contributed by atoms with Gasteiger partial charge in [-0.2, -0.15) is 0 Å². The van der Waals surface area contributed by atoms with Crippen molar-refractivity contribution in [3.8, 4) is 28.0 Å². The predicted molar refractivity (Wildman–Crippen MR) is 165 cm³/mol. The largest absolute Gasteiger partial charge is 0.492 e. The Hall–Kier alpha value is -2.68. The molecule has 1 aliphatic carbocycles. The highest BCUT2D eigenvalue weighted by Crippen LogP contribution is 2.39. The monoisotopic (exact) mass is 546 g/mol. The van der Waals surface area contributed by atoms with Crippen LogP contribution >= 0.6 is 0 Å². The number of rotatable bonds is 11. The van der Waals surface area contributed by atoms with Gasteiger partial charge in [0.05, 0.1) is 12.2 Å². The third-order valence-electron chi connectivity index (χ3n) is 9.84. The van der Waals surface area contributed by atoms with Gasteiger partial charge in [0.2, 0.25) is 0 Å². The fraction of sp³-hybridized carbons (Fsp3) is 0.514. The standard InChI is InChI=1S/C37H48F2O/c1-7-26-20-32(21-27(8-2)36(26)40-24-37(9-3,10-4)11-5)35-33(38)22-31(23-34(35)39)30-18-16-29(17-19-30)28-14-12-25(6)13-15-28/h16-23,25,28H,7-15,24H2,1-6H3. The summed E-state index contributed by atoms with van der Waals surface area (Å²) in [5.41, 5.74) is 5.53. The van der Waals surface area contributed by atoms with Crippen LogP contribution in [0.25, 0.3) is 22.3 Å². The van der Waals surface area contributed by atoms with E-state index in [1.165, 1.54) is 43.4 Å². The van der Waals surface area contributed by atoms with Crippen LogP contribution in [0, 0.1) is 23.0 Å². The van der Waals surface area contributed by atoms with Crippen molar-refractivity contribution in [2.75, 3.05) is 6.61 Å². The molecule has 3 heteroatoms. The second-order valence-electron chi connectivity index (χ2n) is 12.1. The first-order chi connectivity index (χ1) is 19.3. The summed E-state index contributed by atoms with van der Waals surface area (Å²) in [6.07, 6.45) is 9.64. The SMILES string of the molecule is CCc1cc(-c2c(F)cc(-c3ccc(C4CCC(C)CC4)cc3)cc2F)cc(CC)c1OCC(CC)(CC)CC. The topological polar surface area (TPSA) is 9.23 Å². The molecule has 0 saturated heterocycles. The molecule has 0 bridgehead atoms. The highest BCUT2D eigenvalue weighted by Gasteiger charge is 2.26. The zero-order valence-corrected chi connectivity index (χ0v) is 25.5. The summed E-state index contributed by atoms with van der Waals surface area (Å²) in [7, 11) is 0. The van der Waals surface area contributed by atoms with E-state index >= 15 is 8.78 Å². The average Bonchev–Trinajstić information content (AvgIpc) is 2.98. The lowest BCUT2D eigenvalue weighted by molar-refractivity contribution is 0.126. The van der Waals surface area contributed by atoms with E-state index in [0.717, 1.165) is 60.5 Å². The molecule has 4 rings (SSSR count). The normalized spacial score (nSPS) is 17.7. The molecule has 0 amide bonds. The van der Waals surface area contributed by atoms with Crippen LogP contribution in [0.1, 0.15) is 109 Å². The molecule has 0 atom stereocenters. The van der Waals surface area contributed by atoms with Crippen molar-refractivity contribution < 1.29 is 13.5 Å². The van der Waals surface area contributed by atoms with E-state index in [1.54, 1.807) is 0 Å². The highest BCUT2D eigenvalue weighted by molar-refractivity contribution is 5.73. The fourth-order valence-corrected chi connectivity index (χ4v) is 6.45. The number of hydrogen-bond donors (Lipinski definition) is 0. The Bertz CT molecular complexity index is 1210. The number of benzene rings is 3. The Morgan fingerprint density at radius 1 is 0.700 bits per heavy atom. The van der Waals surface area contributed by atoms with Gasteiger partial charge in [-0.05, 0) is 114 Å². The lowest BCUT2D eigenvalue weighted by Crippen LogP contribution is -2.27. The number of aryl methyl sites for hydroxylation is 2. The molecule has 0 N–H and O–H groups in total. The first-order valence-corrected chi connectivity index (χ1v) is 15.7. The van der Waals surface area contributed by atoms with Crippen molar-refractivity contribution in [2.24, 2.45) is 11.3 Å². The molecule has 0 radical (unpaired) electrons. The van der Waals surface area contributed by atoms with E-state index in [0.29, 0.717) is 23.7 Å². The molecule has 0 aliphatic heterocycles. The molecular formula is C37H48F2O. The van der Waals surface area contributed by atoms with Gasteiger partial charge in [-0.3, -0.25) is 0 Å². The molecule has 1 saturated carbocycles. The molecule has 0 aromatic heterocycles. The van der Waals surface area contributed by atoms with Crippen LogP contribution in [-0.2, 0) is 12.8 Å². The third kappa shape index (κ3) is 6.45. The van der Waals surface area contributed by atoms with E-state index in [-0.39, 0.29) is 11.0 Å². The number of hydrogen-bond acceptors (Lipinski definition) is 1. The van der Waals surface area contributed by atoms with Gasteiger partial charge in [0.25, 0.3) is 0 Å². The lowest BCUT2D eigenvalue weighted by Gasteiger charge is -2.31. The zero-order valence-electron chi connectivity index (χ0n) is 25.5. The predicted octanol–water partition coefficient (Wildman–Crippen LogP) is 11.3. The van der Waals surface area contributed by atoms with Crippen LogP contribution in [0.2, 0.25) is 0 Å². The Morgan fingerprint density at radius 3 is 1.70 bits per heavy atom. The van der Waals surface area contributed by atoms with Gasteiger partial charge in [0.1, 0.15) is 17.4 Å². The quantitative estimate of drug-likeness (QED) is 0.232. The number of halogens is 2. The summed E-state index contributed by atoms with van der Waals surface area (Å²) in [5, 5.41) is 0. The molecule has 3 aromatic carbocycles. The smallest absolute Gasteiger partial charge is 0.134 e. The van der Waals surface area contributed by atoms with Crippen LogP contribution in [-0.4, -0.2) is 6.61 Å². The van der Waals surface area contributed by atoms with E-state index < -0.39 is 11.6 Å². The molecule has 0 unspecified atom stereocenters. The summed E-state index contributed by atoms with van der Waals surface area (Å²) >= 11 is 0. The van der Waals surface area contributed by atoms with Crippen molar-refractivity contribution in [2.45, 2.75) is 105 Å². The summed E-state index contributed by atoms with van der Waals surface area (Å²) < 4.78 is 37.8. The molecule has 0 spiro atoms. The van der Waals surface area contributed by atoms with Crippen LogP contribution in [0.4, 0.5) is 8.78 Å². The van der Waals surface area contributed by atoms with E-state index in [9.17, 15) is 0 Å². The van der Waals surface area contributed by atoms with Crippen LogP contribution in [0.5, 0.6) is 5.75 Å². The molecule has 0 heterocycles. The van der Waals surface area contributed by atoms with Crippen LogP contribution < -0.4 is 4.74 Å². The molecule has 1 nitrogen and oxygen atoms in total. The summed E-state index contributed by atoms with van der Waals surface area (Å²) in [6.45, 7) is 13.8. The maximum Gasteiger partial charge on any atom is 0.134 e. The Balaban J connectivity index is 1.62. The Kier molecular flexibility index (Phi) is 10.1. The Labute approximate surface area is 241 Å². The van der Waals surface area contributed by atoms with Gasteiger partial charge in [-0.15, -0.1) is 0 Å².